The van der Waals surface area contributed by atoms with E-state index in [4.69, 9.17) is 10.9 Å². The molecule has 0 unspecified atom stereocenters. The van der Waals surface area contributed by atoms with Gasteiger partial charge in [-0.2, -0.15) is 5.10 Å². The van der Waals surface area contributed by atoms with E-state index in [2.05, 4.69) is 5.10 Å². The van der Waals surface area contributed by atoms with Crippen molar-refractivity contribution in [2.75, 3.05) is 5.73 Å². The minimum Gasteiger partial charge on any atom is -0.384 e. The molecule has 20 heavy (non-hydrogen) atoms. The van der Waals surface area contributed by atoms with E-state index >= 15 is 0 Å². The summed E-state index contributed by atoms with van der Waals surface area (Å²) in [5.41, 5.74) is 7.39. The first-order chi connectivity index (χ1) is 9.09. The highest BCUT2D eigenvalue weighted by atomic mass is 32.2. The summed E-state index contributed by atoms with van der Waals surface area (Å²) in [7, 11) is -3.69. The van der Waals surface area contributed by atoms with Gasteiger partial charge in [0.05, 0.1) is 16.3 Å². The van der Waals surface area contributed by atoms with Gasteiger partial charge in [0.25, 0.3) is 0 Å². The van der Waals surface area contributed by atoms with Gasteiger partial charge in [-0.05, 0) is 24.3 Å². The van der Waals surface area contributed by atoms with E-state index in [1.807, 2.05) is 26.8 Å². The fourth-order valence-corrected chi connectivity index (χ4v) is 2.26. The molecule has 1 heterocycles. The molecule has 1 aromatic heterocycles. The molecule has 0 spiro atoms. The van der Waals surface area contributed by atoms with Gasteiger partial charge >= 0.3 is 0 Å². The van der Waals surface area contributed by atoms with Crippen molar-refractivity contribution in [3.63, 3.8) is 0 Å². The fourth-order valence-electron chi connectivity index (χ4n) is 1.75. The van der Waals surface area contributed by atoms with E-state index < -0.39 is 10.0 Å². The number of aromatic nitrogens is 2. The first kappa shape index (κ1) is 14.5. The maximum Gasteiger partial charge on any atom is 0.238 e. The second-order valence-electron chi connectivity index (χ2n) is 5.66. The first-order valence-electron chi connectivity index (χ1n) is 6.08. The molecule has 2 rings (SSSR count). The predicted octanol–water partition coefficient (Wildman–Crippen LogP) is 1.40. The monoisotopic (exact) mass is 294 g/mol. The molecule has 1 aromatic carbocycles. The van der Waals surface area contributed by atoms with Crippen molar-refractivity contribution in [3.05, 3.63) is 36.0 Å². The maximum absolute atomic E-state index is 11.2. The molecule has 0 fully saturated rings. The van der Waals surface area contributed by atoms with Crippen LogP contribution in [-0.4, -0.2) is 18.2 Å². The lowest BCUT2D eigenvalue weighted by Crippen LogP contribution is -2.13. The van der Waals surface area contributed by atoms with Gasteiger partial charge in [-0.25, -0.2) is 18.2 Å². The first-order valence-corrected chi connectivity index (χ1v) is 7.63. The van der Waals surface area contributed by atoms with E-state index in [-0.39, 0.29) is 10.3 Å². The van der Waals surface area contributed by atoms with Crippen molar-refractivity contribution in [2.45, 2.75) is 31.1 Å². The fraction of sp³-hybridized carbons (Fsp3) is 0.308. The second-order valence-corrected chi connectivity index (χ2v) is 7.22. The van der Waals surface area contributed by atoms with Crippen LogP contribution in [0.1, 0.15) is 26.5 Å². The molecule has 0 bridgehead atoms. The number of sulfonamides is 1. The zero-order valence-electron chi connectivity index (χ0n) is 11.7. The summed E-state index contributed by atoms with van der Waals surface area (Å²) in [6.45, 7) is 6.13. The van der Waals surface area contributed by atoms with Crippen LogP contribution in [0.2, 0.25) is 0 Å². The predicted molar refractivity (Wildman–Crippen MR) is 78.0 cm³/mol. The molecule has 0 amide bonds. The van der Waals surface area contributed by atoms with Crippen LogP contribution in [-0.2, 0) is 15.4 Å². The van der Waals surface area contributed by atoms with Gasteiger partial charge in [-0.3, -0.25) is 0 Å². The lowest BCUT2D eigenvalue weighted by Gasteiger charge is -2.14. The van der Waals surface area contributed by atoms with E-state index in [0.29, 0.717) is 11.5 Å². The van der Waals surface area contributed by atoms with Crippen LogP contribution in [0.25, 0.3) is 5.69 Å². The smallest absolute Gasteiger partial charge is 0.238 e. The van der Waals surface area contributed by atoms with Crippen LogP contribution in [0, 0.1) is 0 Å². The summed E-state index contributed by atoms with van der Waals surface area (Å²) in [5.74, 6) is 0.498. The molecule has 7 heteroatoms. The number of nitrogen functional groups attached to an aromatic ring is 1. The van der Waals surface area contributed by atoms with Crippen LogP contribution >= 0.6 is 0 Å². The molecule has 6 nitrogen and oxygen atoms in total. The number of nitrogens with two attached hydrogens (primary N) is 2. The van der Waals surface area contributed by atoms with E-state index in [1.165, 1.54) is 12.1 Å². The lowest BCUT2D eigenvalue weighted by molar-refractivity contribution is 0.560. The maximum atomic E-state index is 11.2. The van der Waals surface area contributed by atoms with Crippen molar-refractivity contribution < 1.29 is 8.42 Å². The van der Waals surface area contributed by atoms with Gasteiger partial charge in [0.1, 0.15) is 5.82 Å². The molecule has 4 N–H and O–H groups in total. The molecular formula is C13H18N4O2S. The Labute approximate surface area is 118 Å². The van der Waals surface area contributed by atoms with Crippen molar-refractivity contribution in [3.8, 4) is 5.69 Å². The van der Waals surface area contributed by atoms with Crippen LogP contribution < -0.4 is 10.9 Å². The van der Waals surface area contributed by atoms with Crippen LogP contribution in [0.3, 0.4) is 0 Å². The van der Waals surface area contributed by atoms with Gasteiger partial charge in [0.2, 0.25) is 10.0 Å². The summed E-state index contributed by atoms with van der Waals surface area (Å²) in [6.07, 6.45) is 0. The average molecular weight is 294 g/mol. The Bertz CT molecular complexity index is 725. The normalized spacial score (nSPS) is 12.6. The van der Waals surface area contributed by atoms with Crippen molar-refractivity contribution in [2.24, 2.45) is 5.14 Å². The molecule has 0 aliphatic heterocycles. The quantitative estimate of drug-likeness (QED) is 0.873. The highest BCUT2D eigenvalue weighted by Crippen LogP contribution is 2.25. The van der Waals surface area contributed by atoms with E-state index in [1.54, 1.807) is 16.8 Å². The highest BCUT2D eigenvalue weighted by molar-refractivity contribution is 7.89. The number of rotatable bonds is 2. The number of nitrogens with zero attached hydrogens (tertiary/aromatic N) is 2. The molecule has 2 aromatic rings. The third kappa shape index (κ3) is 2.83. The molecule has 0 saturated carbocycles. The molecular weight excluding hydrogens is 276 g/mol. The summed E-state index contributed by atoms with van der Waals surface area (Å²) in [5, 5.41) is 9.52. The largest absolute Gasteiger partial charge is 0.384 e. The Morgan fingerprint density at radius 1 is 1.15 bits per heavy atom. The molecule has 0 atom stereocenters. The molecule has 108 valence electrons. The zero-order valence-corrected chi connectivity index (χ0v) is 12.5. The average Bonchev–Trinajstić information content (AvgIpc) is 2.70. The Kier molecular flexibility index (Phi) is 3.35. The van der Waals surface area contributed by atoms with Crippen LogP contribution in [0.5, 0.6) is 0 Å². The van der Waals surface area contributed by atoms with Gasteiger partial charge in [-0.1, -0.05) is 20.8 Å². The van der Waals surface area contributed by atoms with Crippen LogP contribution in [0.15, 0.2) is 35.2 Å². The minimum absolute atomic E-state index is 0.0584. The number of hydrogen-bond acceptors (Lipinski definition) is 4. The summed E-state index contributed by atoms with van der Waals surface area (Å²) in [6, 6.07) is 7.92. The number of primary sulfonamides is 1. The Morgan fingerprint density at radius 3 is 2.10 bits per heavy atom. The molecule has 0 saturated heterocycles. The SMILES string of the molecule is CC(C)(C)c1cc(N)n(-c2ccc(S(N)(=O)=O)cc2)n1. The summed E-state index contributed by atoms with van der Waals surface area (Å²) in [4.78, 5) is 0.0584. The number of benzene rings is 1. The second kappa shape index (κ2) is 4.60. The minimum atomic E-state index is -3.69. The van der Waals surface area contributed by atoms with Gasteiger partial charge < -0.3 is 5.73 Å². The third-order valence-electron chi connectivity index (χ3n) is 2.92. The van der Waals surface area contributed by atoms with Crippen molar-refractivity contribution in [1.29, 1.82) is 0 Å². The highest BCUT2D eigenvalue weighted by Gasteiger charge is 2.19. The zero-order chi connectivity index (χ0) is 15.1. The third-order valence-corrected chi connectivity index (χ3v) is 3.84. The van der Waals surface area contributed by atoms with Gasteiger partial charge in [-0.15, -0.1) is 0 Å². The van der Waals surface area contributed by atoms with Gasteiger partial charge in [0, 0.05) is 11.5 Å². The number of hydrogen-bond donors (Lipinski definition) is 2. The van der Waals surface area contributed by atoms with E-state index in [0.717, 1.165) is 5.69 Å². The summed E-state index contributed by atoms with van der Waals surface area (Å²) >= 11 is 0. The standard InChI is InChI=1S/C13H18N4O2S/c1-13(2,3)11-8-12(14)17(16-11)9-4-6-10(7-5-9)20(15,18)19/h4-8H,14H2,1-3H3,(H2,15,18,19). The topological polar surface area (TPSA) is 104 Å². The number of anilines is 1. The Balaban J connectivity index is 2.45. The molecule has 0 aliphatic rings. The summed E-state index contributed by atoms with van der Waals surface area (Å²) < 4.78 is 24.0. The molecule has 0 radical (unpaired) electrons. The Hall–Kier alpha value is -1.86. The van der Waals surface area contributed by atoms with Crippen molar-refractivity contribution in [1.82, 2.24) is 9.78 Å². The lowest BCUT2D eigenvalue weighted by atomic mass is 9.92. The van der Waals surface area contributed by atoms with E-state index in [9.17, 15) is 8.42 Å². The van der Waals surface area contributed by atoms with Gasteiger partial charge in [0.15, 0.2) is 0 Å². The molecule has 0 aliphatic carbocycles. The van der Waals surface area contributed by atoms with Crippen molar-refractivity contribution >= 4 is 15.8 Å². The van der Waals surface area contributed by atoms with Crippen LogP contribution in [0.4, 0.5) is 5.82 Å². The Morgan fingerprint density at radius 2 is 1.70 bits per heavy atom.